The van der Waals surface area contributed by atoms with Crippen molar-refractivity contribution in [2.24, 2.45) is 0 Å². The minimum absolute atomic E-state index is 0.229. The van der Waals surface area contributed by atoms with Gasteiger partial charge in [0.2, 0.25) is 5.91 Å². The molecule has 9 heteroatoms. The van der Waals surface area contributed by atoms with E-state index < -0.39 is 23.6 Å². The van der Waals surface area contributed by atoms with Gasteiger partial charge in [0.05, 0.1) is 23.6 Å². The second-order valence-corrected chi connectivity index (χ2v) is 7.54. The Labute approximate surface area is 183 Å². The van der Waals surface area contributed by atoms with Crippen LogP contribution >= 0.6 is 23.4 Å². The third kappa shape index (κ3) is 4.95. The van der Waals surface area contributed by atoms with Gasteiger partial charge in [0.15, 0.2) is 0 Å². The molecule has 1 saturated heterocycles. The number of methoxy groups -OCH3 is 1. The average Bonchev–Trinajstić information content (AvgIpc) is 2.97. The minimum atomic E-state index is -0.529. The first-order valence-electron chi connectivity index (χ1n) is 9.03. The van der Waals surface area contributed by atoms with Gasteiger partial charge in [-0.25, -0.2) is 0 Å². The number of hydrogen-bond acceptors (Lipinski definition) is 6. The van der Waals surface area contributed by atoms with Crippen LogP contribution in [0.4, 0.5) is 10.5 Å². The van der Waals surface area contributed by atoms with Crippen LogP contribution in [0.3, 0.4) is 0 Å². The number of imide groups is 1. The zero-order valence-electron chi connectivity index (χ0n) is 16.3. The van der Waals surface area contributed by atoms with Crippen LogP contribution in [0, 0.1) is 0 Å². The molecule has 1 aliphatic heterocycles. The zero-order chi connectivity index (χ0) is 21.7. The summed E-state index contributed by atoms with van der Waals surface area (Å²) >= 11 is 6.83. The number of halogens is 1. The van der Waals surface area contributed by atoms with Crippen molar-refractivity contribution in [2.75, 3.05) is 25.6 Å². The highest BCUT2D eigenvalue weighted by molar-refractivity contribution is 8.18. The summed E-state index contributed by atoms with van der Waals surface area (Å²) in [5.41, 5.74) is 1.11. The van der Waals surface area contributed by atoms with Crippen molar-refractivity contribution in [3.8, 4) is 11.5 Å². The van der Waals surface area contributed by atoms with Gasteiger partial charge in [-0.05, 0) is 49.0 Å². The van der Waals surface area contributed by atoms with Gasteiger partial charge in [0.1, 0.15) is 18.0 Å². The molecule has 0 saturated carbocycles. The summed E-state index contributed by atoms with van der Waals surface area (Å²) in [7, 11) is 1.49. The summed E-state index contributed by atoms with van der Waals surface area (Å²) in [5, 5.41) is 2.44. The monoisotopic (exact) mass is 446 g/mol. The molecule has 1 fully saturated rings. The molecule has 0 atom stereocenters. The molecule has 1 aliphatic rings. The molecular formula is C21H19ClN2O5S. The van der Waals surface area contributed by atoms with Crippen molar-refractivity contribution in [3.63, 3.8) is 0 Å². The molecular weight excluding hydrogens is 428 g/mol. The number of nitrogens with one attached hydrogen (secondary N) is 1. The first-order chi connectivity index (χ1) is 14.4. The van der Waals surface area contributed by atoms with Crippen molar-refractivity contribution in [1.82, 2.24) is 4.90 Å². The lowest BCUT2D eigenvalue weighted by molar-refractivity contribution is -0.127. The Morgan fingerprint density at radius 3 is 2.67 bits per heavy atom. The van der Waals surface area contributed by atoms with E-state index in [1.54, 1.807) is 30.3 Å². The smallest absolute Gasteiger partial charge is 0.294 e. The predicted octanol–water partition coefficient (Wildman–Crippen LogP) is 4.42. The van der Waals surface area contributed by atoms with Crippen LogP contribution in [-0.2, 0) is 9.59 Å². The molecule has 30 heavy (non-hydrogen) atoms. The molecule has 1 N–H and O–H groups in total. The third-order valence-electron chi connectivity index (χ3n) is 4.12. The summed E-state index contributed by atoms with van der Waals surface area (Å²) in [6.45, 7) is 1.93. The molecule has 0 spiro atoms. The van der Waals surface area contributed by atoms with E-state index in [0.717, 1.165) is 16.7 Å². The molecule has 3 rings (SSSR count). The summed E-state index contributed by atoms with van der Waals surface area (Å²) in [5.74, 6) is 0.0349. The van der Waals surface area contributed by atoms with E-state index in [1.807, 2.05) is 19.1 Å². The maximum Gasteiger partial charge on any atom is 0.294 e. The van der Waals surface area contributed by atoms with Crippen LogP contribution < -0.4 is 14.8 Å². The number of carbonyl (C=O) groups excluding carboxylic acids is 3. The molecule has 0 aromatic heterocycles. The Morgan fingerprint density at radius 1 is 1.20 bits per heavy atom. The number of anilines is 1. The van der Waals surface area contributed by atoms with Crippen molar-refractivity contribution in [1.29, 1.82) is 0 Å². The van der Waals surface area contributed by atoms with Gasteiger partial charge < -0.3 is 14.8 Å². The standard InChI is InChI=1S/C21H19ClN2O5S/c1-3-29-16-7-5-4-6-13(16)10-18-20(26)24(21(27)30-18)12-19(25)23-14-8-9-17(28-2)15(22)11-14/h4-11H,3,12H2,1-2H3,(H,23,25)/b18-10+. The second kappa shape index (κ2) is 9.69. The van der Waals surface area contributed by atoms with Crippen molar-refractivity contribution < 1.29 is 23.9 Å². The van der Waals surface area contributed by atoms with Crippen molar-refractivity contribution in [2.45, 2.75) is 6.92 Å². The molecule has 0 radical (unpaired) electrons. The highest BCUT2D eigenvalue weighted by Crippen LogP contribution is 2.34. The van der Waals surface area contributed by atoms with Crippen LogP contribution in [-0.4, -0.2) is 42.2 Å². The van der Waals surface area contributed by atoms with E-state index in [0.29, 0.717) is 34.4 Å². The lowest BCUT2D eigenvalue weighted by Crippen LogP contribution is -2.36. The van der Waals surface area contributed by atoms with Crippen LogP contribution in [0.25, 0.3) is 6.08 Å². The topological polar surface area (TPSA) is 84.9 Å². The predicted molar refractivity (Wildman–Crippen MR) is 117 cm³/mol. The number of amides is 3. The molecule has 1 heterocycles. The quantitative estimate of drug-likeness (QED) is 0.633. The summed E-state index contributed by atoms with van der Waals surface area (Å²) in [6.07, 6.45) is 1.59. The Kier molecular flexibility index (Phi) is 7.02. The average molecular weight is 447 g/mol. The second-order valence-electron chi connectivity index (χ2n) is 6.14. The van der Waals surface area contributed by atoms with E-state index in [9.17, 15) is 14.4 Å². The number of nitrogens with zero attached hydrogens (tertiary/aromatic N) is 1. The Morgan fingerprint density at radius 2 is 1.97 bits per heavy atom. The maximum atomic E-state index is 12.7. The highest BCUT2D eigenvalue weighted by atomic mass is 35.5. The van der Waals surface area contributed by atoms with Gasteiger partial charge >= 0.3 is 0 Å². The van der Waals surface area contributed by atoms with Crippen molar-refractivity contribution >= 4 is 52.2 Å². The molecule has 7 nitrogen and oxygen atoms in total. The van der Waals surface area contributed by atoms with Gasteiger partial charge in [0, 0.05) is 11.3 Å². The number of carbonyl (C=O) groups is 3. The summed E-state index contributed by atoms with van der Waals surface area (Å²) in [6, 6.07) is 12.0. The SMILES string of the molecule is CCOc1ccccc1/C=C1/SC(=O)N(CC(=O)Nc2ccc(OC)c(Cl)c2)C1=O. The largest absolute Gasteiger partial charge is 0.495 e. The van der Waals surface area contributed by atoms with E-state index in [2.05, 4.69) is 5.32 Å². The maximum absolute atomic E-state index is 12.7. The number of thioether (sulfide) groups is 1. The molecule has 2 aromatic rings. The Bertz CT molecular complexity index is 1020. The number of rotatable bonds is 7. The van der Waals surface area contributed by atoms with Gasteiger partial charge in [-0.2, -0.15) is 0 Å². The fourth-order valence-electron chi connectivity index (χ4n) is 2.75. The lowest BCUT2D eigenvalue weighted by atomic mass is 10.2. The fraction of sp³-hybridized carbons (Fsp3) is 0.190. The number of benzene rings is 2. The van der Waals surface area contributed by atoms with Crippen LogP contribution in [0.2, 0.25) is 5.02 Å². The normalized spacial score (nSPS) is 14.9. The van der Waals surface area contributed by atoms with E-state index in [-0.39, 0.29) is 4.91 Å². The van der Waals surface area contributed by atoms with Crippen LogP contribution in [0.5, 0.6) is 11.5 Å². The third-order valence-corrected chi connectivity index (χ3v) is 5.32. The first kappa shape index (κ1) is 21.7. The summed E-state index contributed by atoms with van der Waals surface area (Å²) in [4.78, 5) is 38.5. The Balaban J connectivity index is 1.71. The molecule has 0 bridgehead atoms. The fourth-order valence-corrected chi connectivity index (χ4v) is 3.84. The van der Waals surface area contributed by atoms with Crippen molar-refractivity contribution in [3.05, 3.63) is 58.0 Å². The molecule has 0 unspecified atom stereocenters. The van der Waals surface area contributed by atoms with Gasteiger partial charge in [-0.3, -0.25) is 19.3 Å². The zero-order valence-corrected chi connectivity index (χ0v) is 17.9. The number of para-hydroxylation sites is 1. The minimum Gasteiger partial charge on any atom is -0.495 e. The molecule has 3 amide bonds. The molecule has 156 valence electrons. The number of ether oxygens (including phenoxy) is 2. The van der Waals surface area contributed by atoms with Crippen LogP contribution in [0.15, 0.2) is 47.4 Å². The summed E-state index contributed by atoms with van der Waals surface area (Å²) < 4.78 is 10.6. The Hall–Kier alpha value is -2.97. The van der Waals surface area contributed by atoms with Gasteiger partial charge in [0.25, 0.3) is 11.1 Å². The van der Waals surface area contributed by atoms with E-state index >= 15 is 0 Å². The van der Waals surface area contributed by atoms with Gasteiger partial charge in [-0.1, -0.05) is 29.8 Å². The number of hydrogen-bond donors (Lipinski definition) is 1. The molecule has 0 aliphatic carbocycles. The van der Waals surface area contributed by atoms with Crippen LogP contribution in [0.1, 0.15) is 12.5 Å². The van der Waals surface area contributed by atoms with E-state index in [4.69, 9.17) is 21.1 Å². The van der Waals surface area contributed by atoms with Gasteiger partial charge in [-0.15, -0.1) is 0 Å². The lowest BCUT2D eigenvalue weighted by Gasteiger charge is -2.13. The first-order valence-corrected chi connectivity index (χ1v) is 10.2. The highest BCUT2D eigenvalue weighted by Gasteiger charge is 2.36. The van der Waals surface area contributed by atoms with E-state index in [1.165, 1.54) is 13.2 Å². The molecule has 2 aromatic carbocycles.